The molecule has 0 bridgehead atoms. The highest BCUT2D eigenvalue weighted by atomic mass is 32.1. The molecule has 0 spiro atoms. The number of ether oxygens (including phenoxy) is 1. The van der Waals surface area contributed by atoms with Crippen molar-refractivity contribution in [1.29, 1.82) is 5.26 Å². The minimum atomic E-state index is -0.922. The summed E-state index contributed by atoms with van der Waals surface area (Å²) < 4.78 is 11.6. The lowest BCUT2D eigenvalue weighted by Gasteiger charge is -2.22. The Morgan fingerprint density at radius 3 is 2.86 bits per heavy atom. The van der Waals surface area contributed by atoms with Gasteiger partial charge in [-0.1, -0.05) is 12.1 Å². The number of para-hydroxylation sites is 1. The van der Waals surface area contributed by atoms with Crippen LogP contribution in [0.15, 0.2) is 40.8 Å². The highest BCUT2D eigenvalue weighted by molar-refractivity contribution is 7.21. The number of hydrogen-bond acceptors (Lipinski definition) is 7. The van der Waals surface area contributed by atoms with E-state index in [1.165, 1.54) is 17.4 Å². The number of rotatable bonds is 6. The van der Waals surface area contributed by atoms with E-state index in [0.717, 1.165) is 23.1 Å². The Morgan fingerprint density at radius 2 is 2.14 bits per heavy atom. The van der Waals surface area contributed by atoms with E-state index in [2.05, 4.69) is 16.4 Å². The number of esters is 1. The molecule has 1 N–H and O–H groups in total. The summed E-state index contributed by atoms with van der Waals surface area (Å²) in [5, 5.41) is 12.6. The third-order valence-corrected chi connectivity index (χ3v) is 5.72. The van der Waals surface area contributed by atoms with E-state index in [9.17, 15) is 14.9 Å². The van der Waals surface area contributed by atoms with Crippen LogP contribution in [-0.4, -0.2) is 29.0 Å². The molecule has 28 heavy (non-hydrogen) atoms. The molecule has 1 fully saturated rings. The fourth-order valence-corrected chi connectivity index (χ4v) is 3.88. The van der Waals surface area contributed by atoms with Gasteiger partial charge in [-0.25, -0.2) is 9.78 Å². The molecule has 1 saturated carbocycles. The van der Waals surface area contributed by atoms with Crippen molar-refractivity contribution in [3.05, 3.63) is 42.2 Å². The van der Waals surface area contributed by atoms with Crippen LogP contribution in [0.5, 0.6) is 0 Å². The van der Waals surface area contributed by atoms with Crippen molar-refractivity contribution in [3.8, 4) is 16.8 Å². The van der Waals surface area contributed by atoms with Crippen LogP contribution >= 0.6 is 11.3 Å². The number of fused-ring (bicyclic) bond motifs is 1. The Morgan fingerprint density at radius 1 is 1.36 bits per heavy atom. The number of carbonyl (C=O) groups excluding carboxylic acids is 2. The molecule has 0 aliphatic heterocycles. The Bertz CT molecular complexity index is 1060. The van der Waals surface area contributed by atoms with Gasteiger partial charge in [-0.3, -0.25) is 4.79 Å². The molecule has 142 valence electrons. The van der Waals surface area contributed by atoms with Crippen molar-refractivity contribution in [3.63, 3.8) is 0 Å². The minimum Gasteiger partial charge on any atom is -0.450 e. The lowest BCUT2D eigenvalue weighted by Crippen LogP contribution is -2.48. The Balaban J connectivity index is 1.38. The van der Waals surface area contributed by atoms with Gasteiger partial charge in [-0.2, -0.15) is 5.26 Å². The van der Waals surface area contributed by atoms with E-state index >= 15 is 0 Å². The van der Waals surface area contributed by atoms with Crippen molar-refractivity contribution in [2.75, 3.05) is 6.61 Å². The second-order valence-electron chi connectivity index (χ2n) is 6.86. The van der Waals surface area contributed by atoms with Crippen molar-refractivity contribution in [2.24, 2.45) is 5.92 Å². The number of nitrogens with zero attached hydrogens (tertiary/aromatic N) is 2. The molecule has 2 aromatic heterocycles. The summed E-state index contributed by atoms with van der Waals surface area (Å²) >= 11 is 1.46. The third kappa shape index (κ3) is 3.62. The van der Waals surface area contributed by atoms with Crippen LogP contribution in [0, 0.1) is 17.2 Å². The molecule has 7 nitrogen and oxygen atoms in total. The fraction of sp³-hybridized carbons (Fsp3) is 0.300. The minimum absolute atomic E-state index is 0.00714. The maximum Gasteiger partial charge on any atom is 0.374 e. The van der Waals surface area contributed by atoms with E-state index in [0.29, 0.717) is 10.8 Å². The standard InChI is InChI=1S/C20H17N3O4S/c1-20(11-21,12-6-7-12)23-17(24)10-26-19(25)15-9-8-14(27-15)18-22-13-4-2-3-5-16(13)28-18/h2-5,8-9,12H,6-7,10H2,1H3,(H,23,24)/t20-/m1/s1. The molecule has 0 saturated heterocycles. The third-order valence-electron chi connectivity index (χ3n) is 4.67. The van der Waals surface area contributed by atoms with Crippen molar-refractivity contribution < 1.29 is 18.7 Å². The van der Waals surface area contributed by atoms with Crippen LogP contribution in [0.1, 0.15) is 30.3 Å². The first-order valence-electron chi connectivity index (χ1n) is 8.84. The summed E-state index contributed by atoms with van der Waals surface area (Å²) in [6.45, 7) is 1.21. The maximum absolute atomic E-state index is 12.2. The summed E-state index contributed by atoms with van der Waals surface area (Å²) in [6, 6.07) is 13.0. The molecule has 1 aliphatic carbocycles. The zero-order valence-corrected chi connectivity index (χ0v) is 15.9. The Kier molecular flexibility index (Phi) is 4.61. The van der Waals surface area contributed by atoms with E-state index in [-0.39, 0.29) is 11.7 Å². The zero-order chi connectivity index (χ0) is 19.7. The first kappa shape index (κ1) is 18.2. The number of amides is 1. The second-order valence-corrected chi connectivity index (χ2v) is 7.89. The molecule has 1 atom stereocenters. The molecular formula is C20H17N3O4S. The molecule has 4 rings (SSSR count). The quantitative estimate of drug-likeness (QED) is 0.640. The number of thiazole rings is 1. The number of aromatic nitrogens is 1. The first-order valence-corrected chi connectivity index (χ1v) is 9.65. The molecule has 2 heterocycles. The predicted octanol–water partition coefficient (Wildman–Crippen LogP) is 3.52. The van der Waals surface area contributed by atoms with Crippen molar-refractivity contribution >= 4 is 33.4 Å². The van der Waals surface area contributed by atoms with Gasteiger partial charge in [-0.05, 0) is 49.9 Å². The highest BCUT2D eigenvalue weighted by Crippen LogP contribution is 2.39. The Labute approximate surface area is 164 Å². The first-order chi connectivity index (χ1) is 13.5. The largest absolute Gasteiger partial charge is 0.450 e. The average Bonchev–Trinajstić information content (AvgIpc) is 3.29. The fourth-order valence-electron chi connectivity index (χ4n) is 2.95. The van der Waals surface area contributed by atoms with Gasteiger partial charge < -0.3 is 14.5 Å². The Hall–Kier alpha value is -3.18. The monoisotopic (exact) mass is 395 g/mol. The van der Waals surface area contributed by atoms with Gasteiger partial charge >= 0.3 is 5.97 Å². The molecule has 1 aliphatic rings. The van der Waals surface area contributed by atoms with Gasteiger partial charge in [0, 0.05) is 0 Å². The van der Waals surface area contributed by atoms with Crippen LogP contribution in [0.25, 0.3) is 21.0 Å². The van der Waals surface area contributed by atoms with Crippen LogP contribution in [0.4, 0.5) is 0 Å². The lowest BCUT2D eigenvalue weighted by molar-refractivity contribution is -0.125. The maximum atomic E-state index is 12.2. The van der Waals surface area contributed by atoms with Crippen LogP contribution in [-0.2, 0) is 9.53 Å². The van der Waals surface area contributed by atoms with Gasteiger partial charge in [0.05, 0.1) is 16.3 Å². The molecular weight excluding hydrogens is 378 g/mol. The topological polar surface area (TPSA) is 105 Å². The zero-order valence-electron chi connectivity index (χ0n) is 15.1. The number of carbonyl (C=O) groups is 2. The SMILES string of the molecule is C[C@](C#N)(NC(=O)COC(=O)c1ccc(-c2nc3ccccc3s2)o1)C1CC1. The normalized spacial score (nSPS) is 15.6. The summed E-state index contributed by atoms with van der Waals surface area (Å²) in [7, 11) is 0. The van der Waals surface area contributed by atoms with E-state index < -0.39 is 24.0 Å². The summed E-state index contributed by atoms with van der Waals surface area (Å²) in [4.78, 5) is 28.7. The highest BCUT2D eigenvalue weighted by Gasteiger charge is 2.43. The molecule has 1 aromatic carbocycles. The van der Waals surface area contributed by atoms with Gasteiger partial charge in [0.25, 0.3) is 5.91 Å². The van der Waals surface area contributed by atoms with Gasteiger partial charge in [0.1, 0.15) is 5.54 Å². The number of nitriles is 1. The molecule has 0 radical (unpaired) electrons. The van der Waals surface area contributed by atoms with E-state index in [4.69, 9.17) is 9.15 Å². The predicted molar refractivity (Wildman–Crippen MR) is 102 cm³/mol. The summed E-state index contributed by atoms with van der Waals surface area (Å²) in [5.41, 5.74) is -0.0651. The average molecular weight is 395 g/mol. The van der Waals surface area contributed by atoms with Gasteiger partial charge in [0.2, 0.25) is 5.76 Å². The number of benzene rings is 1. The smallest absolute Gasteiger partial charge is 0.374 e. The molecule has 8 heteroatoms. The lowest BCUT2D eigenvalue weighted by atomic mass is 9.98. The summed E-state index contributed by atoms with van der Waals surface area (Å²) in [5.74, 6) is -0.649. The van der Waals surface area contributed by atoms with Crippen LogP contribution in [0.3, 0.4) is 0 Å². The van der Waals surface area contributed by atoms with E-state index in [1.807, 2.05) is 24.3 Å². The van der Waals surface area contributed by atoms with Gasteiger partial charge in [-0.15, -0.1) is 11.3 Å². The number of nitrogens with one attached hydrogen (secondary N) is 1. The number of hydrogen-bond donors (Lipinski definition) is 1. The van der Waals surface area contributed by atoms with Crippen molar-refractivity contribution in [2.45, 2.75) is 25.3 Å². The number of furan rings is 1. The van der Waals surface area contributed by atoms with E-state index in [1.54, 1.807) is 13.0 Å². The molecule has 0 unspecified atom stereocenters. The van der Waals surface area contributed by atoms with Crippen LogP contribution < -0.4 is 5.32 Å². The summed E-state index contributed by atoms with van der Waals surface area (Å²) in [6.07, 6.45) is 1.82. The molecule has 1 amide bonds. The van der Waals surface area contributed by atoms with Gasteiger partial charge in [0.15, 0.2) is 17.4 Å². The van der Waals surface area contributed by atoms with Crippen molar-refractivity contribution in [1.82, 2.24) is 10.3 Å². The second kappa shape index (κ2) is 7.09. The van der Waals surface area contributed by atoms with Crippen LogP contribution in [0.2, 0.25) is 0 Å². The molecule has 3 aromatic rings.